The van der Waals surface area contributed by atoms with Crippen molar-refractivity contribution in [1.82, 2.24) is 0 Å². The van der Waals surface area contributed by atoms with Gasteiger partial charge in [-0.3, -0.25) is 9.10 Å². The van der Waals surface area contributed by atoms with Gasteiger partial charge in [0.2, 0.25) is 0 Å². The van der Waals surface area contributed by atoms with Crippen molar-refractivity contribution >= 4 is 50.7 Å². The Morgan fingerprint density at radius 1 is 1.06 bits per heavy atom. The number of hydrogen-bond donors (Lipinski definition) is 1. The summed E-state index contributed by atoms with van der Waals surface area (Å²) < 4.78 is 27.1. The van der Waals surface area contributed by atoms with Gasteiger partial charge in [0.05, 0.1) is 15.6 Å². The molecule has 0 saturated carbocycles. The van der Waals surface area contributed by atoms with E-state index in [4.69, 9.17) is 11.6 Å². The molecule has 8 heteroatoms. The second-order valence-electron chi connectivity index (χ2n) is 7.18. The highest BCUT2D eigenvalue weighted by Crippen LogP contribution is 2.31. The molecule has 1 aliphatic rings. The molecule has 31 heavy (non-hydrogen) atoms. The third kappa shape index (κ3) is 4.59. The quantitative estimate of drug-likeness (QED) is 0.535. The monoisotopic (exact) mass is 472 g/mol. The maximum atomic E-state index is 13.0. The maximum absolute atomic E-state index is 13.0. The van der Waals surface area contributed by atoms with Gasteiger partial charge in [-0.15, -0.1) is 11.8 Å². The summed E-state index contributed by atoms with van der Waals surface area (Å²) in [5.74, 6) is 0.890. The van der Waals surface area contributed by atoms with Crippen molar-refractivity contribution < 1.29 is 13.2 Å². The molecule has 0 fully saturated rings. The number of halogens is 1. The fourth-order valence-corrected chi connectivity index (χ4v) is 5.96. The fourth-order valence-electron chi connectivity index (χ4n) is 3.41. The molecule has 0 aromatic heterocycles. The van der Waals surface area contributed by atoms with Crippen LogP contribution in [0.15, 0.2) is 76.5 Å². The smallest absolute Gasteiger partial charge is 0.264 e. The molecular weight excluding hydrogens is 452 g/mol. The van der Waals surface area contributed by atoms with Crippen LogP contribution in [0.5, 0.6) is 0 Å². The number of nitrogens with one attached hydrogen (secondary N) is 1. The van der Waals surface area contributed by atoms with Crippen LogP contribution in [0.25, 0.3) is 0 Å². The third-order valence-electron chi connectivity index (χ3n) is 5.13. The number of para-hydroxylation sites is 1. The van der Waals surface area contributed by atoms with E-state index in [1.807, 2.05) is 30.0 Å². The summed E-state index contributed by atoms with van der Waals surface area (Å²) in [4.78, 5) is 14.0. The van der Waals surface area contributed by atoms with Gasteiger partial charge in [-0.1, -0.05) is 23.7 Å². The summed E-state index contributed by atoms with van der Waals surface area (Å²) in [6, 6.07) is 18.6. The number of nitrogens with zero attached hydrogens (tertiary/aromatic N) is 1. The van der Waals surface area contributed by atoms with Crippen LogP contribution in [0.4, 0.5) is 11.4 Å². The van der Waals surface area contributed by atoms with E-state index in [-0.39, 0.29) is 10.8 Å². The van der Waals surface area contributed by atoms with E-state index in [0.717, 1.165) is 22.9 Å². The zero-order valence-electron chi connectivity index (χ0n) is 16.8. The highest BCUT2D eigenvalue weighted by atomic mass is 35.5. The van der Waals surface area contributed by atoms with Gasteiger partial charge in [-0.25, -0.2) is 8.42 Å². The van der Waals surface area contributed by atoms with Crippen molar-refractivity contribution in [3.8, 4) is 0 Å². The molecule has 0 spiro atoms. The summed E-state index contributed by atoms with van der Waals surface area (Å²) in [5, 5.41) is 3.19. The second kappa shape index (κ2) is 8.94. The minimum absolute atomic E-state index is 0.110. The lowest BCUT2D eigenvalue weighted by atomic mass is 10.1. The predicted molar refractivity (Wildman–Crippen MR) is 127 cm³/mol. The van der Waals surface area contributed by atoms with Crippen molar-refractivity contribution in [2.75, 3.05) is 22.4 Å². The number of thioether (sulfide) groups is 1. The van der Waals surface area contributed by atoms with Gasteiger partial charge < -0.3 is 5.32 Å². The minimum Gasteiger partial charge on any atom is -0.322 e. The Bertz CT molecular complexity index is 1230. The molecule has 160 valence electrons. The summed E-state index contributed by atoms with van der Waals surface area (Å²) >= 11 is 7.96. The first-order valence-electron chi connectivity index (χ1n) is 9.77. The zero-order valence-corrected chi connectivity index (χ0v) is 19.2. The van der Waals surface area contributed by atoms with E-state index in [0.29, 0.717) is 22.0 Å². The van der Waals surface area contributed by atoms with E-state index in [2.05, 4.69) is 5.32 Å². The number of hydrogen-bond acceptors (Lipinski definition) is 4. The van der Waals surface area contributed by atoms with Crippen LogP contribution < -0.4 is 9.62 Å². The molecule has 1 N–H and O–H groups in total. The molecule has 0 radical (unpaired) electrons. The molecule has 0 atom stereocenters. The van der Waals surface area contributed by atoms with E-state index >= 15 is 0 Å². The molecule has 1 amide bonds. The highest BCUT2D eigenvalue weighted by Gasteiger charge is 2.23. The third-order valence-corrected chi connectivity index (χ3v) is 8.44. The Balaban J connectivity index is 1.50. The Labute approximate surface area is 191 Å². The lowest BCUT2D eigenvalue weighted by Crippen LogP contribution is -2.26. The van der Waals surface area contributed by atoms with E-state index in [1.165, 1.54) is 29.6 Å². The van der Waals surface area contributed by atoms with Gasteiger partial charge in [-0.05, 0) is 78.8 Å². The van der Waals surface area contributed by atoms with Gasteiger partial charge in [-0.2, -0.15) is 0 Å². The number of fused-ring (bicyclic) bond motifs is 1. The molecule has 5 nitrogen and oxygen atoms in total. The van der Waals surface area contributed by atoms with E-state index < -0.39 is 10.0 Å². The SMILES string of the molecule is CN(c1ccccc1Cl)S(=O)(=O)c1ccc(NC(=O)c2ccc3c(c2)CCCS3)cc1. The van der Waals surface area contributed by atoms with Crippen LogP contribution in [0.3, 0.4) is 0 Å². The summed E-state index contributed by atoms with van der Waals surface area (Å²) in [5.41, 5.74) is 2.72. The Morgan fingerprint density at radius 2 is 1.81 bits per heavy atom. The summed E-state index contributed by atoms with van der Waals surface area (Å²) in [6.45, 7) is 0. The summed E-state index contributed by atoms with van der Waals surface area (Å²) in [6.07, 6.45) is 2.09. The molecule has 0 bridgehead atoms. The van der Waals surface area contributed by atoms with Crippen molar-refractivity contribution in [2.24, 2.45) is 0 Å². The number of carbonyl (C=O) groups excluding carboxylic acids is 1. The molecule has 0 saturated heterocycles. The molecular formula is C23H21ClN2O3S2. The van der Waals surface area contributed by atoms with Crippen LogP contribution in [-0.2, 0) is 16.4 Å². The average Bonchev–Trinajstić information content (AvgIpc) is 2.79. The van der Waals surface area contributed by atoms with Crippen molar-refractivity contribution in [3.05, 3.63) is 82.9 Å². The predicted octanol–water partition coefficient (Wildman–Crippen LogP) is 5.46. The molecule has 3 aromatic carbocycles. The summed E-state index contributed by atoms with van der Waals surface area (Å²) in [7, 11) is -2.33. The van der Waals surface area contributed by atoms with Crippen LogP contribution in [-0.4, -0.2) is 27.1 Å². The van der Waals surface area contributed by atoms with Gasteiger partial charge >= 0.3 is 0 Å². The topological polar surface area (TPSA) is 66.5 Å². The molecule has 1 heterocycles. The van der Waals surface area contributed by atoms with Crippen LogP contribution >= 0.6 is 23.4 Å². The first-order chi connectivity index (χ1) is 14.9. The van der Waals surface area contributed by atoms with Crippen LogP contribution in [0.2, 0.25) is 5.02 Å². The lowest BCUT2D eigenvalue weighted by Gasteiger charge is -2.20. The van der Waals surface area contributed by atoms with E-state index in [1.54, 1.807) is 36.4 Å². The van der Waals surface area contributed by atoms with E-state index in [9.17, 15) is 13.2 Å². The van der Waals surface area contributed by atoms with Crippen molar-refractivity contribution in [2.45, 2.75) is 22.6 Å². The van der Waals surface area contributed by atoms with Crippen LogP contribution in [0, 0.1) is 0 Å². The average molecular weight is 473 g/mol. The molecule has 0 unspecified atom stereocenters. The fraction of sp³-hybridized carbons (Fsp3) is 0.174. The Kier molecular flexibility index (Phi) is 6.27. The molecule has 0 aliphatic carbocycles. The first kappa shape index (κ1) is 21.7. The molecule has 1 aliphatic heterocycles. The number of amides is 1. The number of carbonyl (C=O) groups is 1. The van der Waals surface area contributed by atoms with Gasteiger partial charge in [0.15, 0.2) is 0 Å². The Morgan fingerprint density at radius 3 is 2.55 bits per heavy atom. The number of anilines is 2. The number of aryl methyl sites for hydroxylation is 1. The van der Waals surface area contributed by atoms with Gasteiger partial charge in [0.1, 0.15) is 0 Å². The first-order valence-corrected chi connectivity index (χ1v) is 12.6. The maximum Gasteiger partial charge on any atom is 0.264 e. The zero-order chi connectivity index (χ0) is 22.0. The minimum atomic E-state index is -3.79. The Hall–Kier alpha value is -2.48. The highest BCUT2D eigenvalue weighted by molar-refractivity contribution is 7.99. The number of sulfonamides is 1. The number of benzene rings is 3. The van der Waals surface area contributed by atoms with Crippen molar-refractivity contribution in [3.63, 3.8) is 0 Å². The largest absolute Gasteiger partial charge is 0.322 e. The molecule has 4 rings (SSSR count). The van der Waals surface area contributed by atoms with Gasteiger partial charge in [0.25, 0.3) is 15.9 Å². The number of rotatable bonds is 5. The second-order valence-corrected chi connectivity index (χ2v) is 10.7. The normalized spacial score (nSPS) is 13.4. The van der Waals surface area contributed by atoms with Gasteiger partial charge in [0, 0.05) is 23.2 Å². The molecule has 3 aromatic rings. The van der Waals surface area contributed by atoms with Crippen molar-refractivity contribution in [1.29, 1.82) is 0 Å². The standard InChI is InChI=1S/C23H21ClN2O3S2/c1-26(21-7-3-2-6-20(21)24)31(28,29)19-11-9-18(10-12-19)25-23(27)17-8-13-22-16(15-17)5-4-14-30-22/h2-3,6-13,15H,4-5,14H2,1H3,(H,25,27). The lowest BCUT2D eigenvalue weighted by molar-refractivity contribution is 0.102. The van der Waals surface area contributed by atoms with Crippen LogP contribution in [0.1, 0.15) is 22.3 Å².